The molecule has 2 saturated heterocycles. The summed E-state index contributed by atoms with van der Waals surface area (Å²) in [6.07, 6.45) is 9.07. The van der Waals surface area contributed by atoms with E-state index in [-0.39, 0.29) is 43.3 Å². The minimum absolute atomic E-state index is 0.0342. The molecule has 0 aromatic carbocycles. The zero-order valence-electron chi connectivity index (χ0n) is 15.9. The molecule has 3 fully saturated rings. The number of nitro groups is 1. The van der Waals surface area contributed by atoms with E-state index in [4.69, 9.17) is 4.74 Å². The molecule has 2 aliphatic heterocycles. The Morgan fingerprint density at radius 2 is 1.89 bits per heavy atom. The molecule has 156 valence electrons. The van der Waals surface area contributed by atoms with Crippen LogP contribution in [-0.2, 0) is 9.53 Å². The van der Waals surface area contributed by atoms with Gasteiger partial charge in [-0.1, -0.05) is 80.4 Å². The standard InChI is InChI=1S/C19H30Br3NO4/c1-2-3-4-5-6-7-14(23(25)26)9-10-16(24)18-13-8-11-17(27-18)15(12-13)19(20,21)22/h13-15,17-18H,2-12H2,1H3. The summed E-state index contributed by atoms with van der Waals surface area (Å²) in [5.74, 6) is 0.517. The fourth-order valence-corrected chi connectivity index (χ4v) is 5.83. The van der Waals surface area contributed by atoms with Crippen LogP contribution >= 0.6 is 47.8 Å². The second kappa shape index (κ2) is 11.0. The Morgan fingerprint density at radius 1 is 1.19 bits per heavy atom. The Morgan fingerprint density at radius 3 is 2.44 bits per heavy atom. The molecular weight excluding hydrogens is 546 g/mol. The van der Waals surface area contributed by atoms with E-state index in [0.29, 0.717) is 12.8 Å². The lowest BCUT2D eigenvalue weighted by Gasteiger charge is -2.49. The van der Waals surface area contributed by atoms with Gasteiger partial charge in [-0.15, -0.1) is 0 Å². The van der Waals surface area contributed by atoms with E-state index in [0.717, 1.165) is 44.9 Å². The number of hydrogen-bond donors (Lipinski definition) is 0. The normalized spacial score (nSPS) is 28.9. The fourth-order valence-electron chi connectivity index (χ4n) is 4.39. The number of hydrogen-bond acceptors (Lipinski definition) is 4. The minimum Gasteiger partial charge on any atom is -0.367 e. The van der Waals surface area contributed by atoms with Crippen LogP contribution in [0, 0.1) is 22.0 Å². The van der Waals surface area contributed by atoms with E-state index in [1.807, 2.05) is 0 Å². The summed E-state index contributed by atoms with van der Waals surface area (Å²) in [4.78, 5) is 23.8. The first kappa shape index (κ1) is 23.7. The van der Waals surface area contributed by atoms with Crippen LogP contribution in [0.15, 0.2) is 0 Å². The van der Waals surface area contributed by atoms with Crippen LogP contribution in [-0.4, -0.2) is 31.1 Å². The van der Waals surface area contributed by atoms with Gasteiger partial charge in [-0.05, 0) is 31.6 Å². The van der Waals surface area contributed by atoms with Gasteiger partial charge in [0.1, 0.15) is 8.25 Å². The predicted molar refractivity (Wildman–Crippen MR) is 117 cm³/mol. The molecule has 0 amide bonds. The Kier molecular flexibility index (Phi) is 9.69. The number of carbonyl (C=O) groups is 1. The predicted octanol–water partition coefficient (Wildman–Crippen LogP) is 6.36. The highest BCUT2D eigenvalue weighted by atomic mass is 80.0. The molecule has 1 saturated carbocycles. The number of nitrogens with zero attached hydrogens (tertiary/aromatic N) is 1. The zero-order chi connectivity index (χ0) is 20.0. The molecule has 2 heterocycles. The van der Waals surface area contributed by atoms with Gasteiger partial charge in [0.25, 0.3) is 0 Å². The maximum Gasteiger partial charge on any atom is 0.213 e. The van der Waals surface area contributed by atoms with Crippen LogP contribution in [0.2, 0.25) is 0 Å². The maximum absolute atomic E-state index is 12.7. The van der Waals surface area contributed by atoms with Crippen LogP contribution in [0.4, 0.5) is 0 Å². The molecule has 0 N–H and O–H groups in total. The van der Waals surface area contributed by atoms with Crippen LogP contribution in [0.1, 0.15) is 77.6 Å². The summed E-state index contributed by atoms with van der Waals surface area (Å²) < 4.78 is 5.73. The first-order valence-electron chi connectivity index (χ1n) is 10.1. The number of ketones is 1. The largest absolute Gasteiger partial charge is 0.367 e. The van der Waals surface area contributed by atoms with E-state index in [2.05, 4.69) is 54.7 Å². The van der Waals surface area contributed by atoms with Gasteiger partial charge in [0.15, 0.2) is 5.78 Å². The minimum atomic E-state index is -0.607. The molecule has 5 atom stereocenters. The smallest absolute Gasteiger partial charge is 0.213 e. The molecule has 3 rings (SSSR count). The van der Waals surface area contributed by atoms with Gasteiger partial charge in [0.2, 0.25) is 6.04 Å². The number of halogens is 3. The third kappa shape index (κ3) is 7.03. The van der Waals surface area contributed by atoms with Gasteiger partial charge < -0.3 is 4.74 Å². The Bertz CT molecular complexity index is 512. The summed E-state index contributed by atoms with van der Waals surface area (Å²) in [5.41, 5.74) is 0. The van der Waals surface area contributed by atoms with Crippen molar-refractivity contribution in [2.75, 3.05) is 0 Å². The lowest BCUT2D eigenvalue weighted by molar-refractivity contribution is -0.524. The van der Waals surface area contributed by atoms with Gasteiger partial charge in [-0.25, -0.2) is 0 Å². The number of Topliss-reactive ketones (excluding diaryl/α,β-unsaturated/α-hetero) is 1. The Labute approximate surface area is 187 Å². The van der Waals surface area contributed by atoms with Gasteiger partial charge in [-0.3, -0.25) is 14.9 Å². The lowest BCUT2D eigenvalue weighted by atomic mass is 9.73. The summed E-state index contributed by atoms with van der Waals surface area (Å²) in [6.45, 7) is 2.15. The molecule has 5 unspecified atom stereocenters. The average molecular weight is 576 g/mol. The highest BCUT2D eigenvalue weighted by Gasteiger charge is 2.50. The molecular formula is C19H30Br3NO4. The highest BCUT2D eigenvalue weighted by Crippen LogP contribution is 2.53. The SMILES string of the molecule is CCCCCCCC(CCC(=O)C1OC2CCC1CC2C(Br)(Br)Br)[N+](=O)[O-]. The summed E-state index contributed by atoms with van der Waals surface area (Å²) in [7, 11) is 0. The van der Waals surface area contributed by atoms with E-state index in [1.54, 1.807) is 0 Å². The molecule has 8 heteroatoms. The van der Waals surface area contributed by atoms with Gasteiger partial charge in [0.05, 0.1) is 6.10 Å². The number of rotatable bonds is 11. The van der Waals surface area contributed by atoms with Crippen molar-refractivity contribution in [1.29, 1.82) is 0 Å². The van der Waals surface area contributed by atoms with E-state index >= 15 is 0 Å². The monoisotopic (exact) mass is 573 g/mol. The Balaban J connectivity index is 1.80. The van der Waals surface area contributed by atoms with Crippen molar-refractivity contribution in [3.8, 4) is 0 Å². The molecule has 0 aromatic rings. The van der Waals surface area contributed by atoms with Crippen molar-refractivity contribution in [3.63, 3.8) is 0 Å². The summed E-state index contributed by atoms with van der Waals surface area (Å²) >= 11 is 10.8. The van der Waals surface area contributed by atoms with Crippen molar-refractivity contribution in [1.82, 2.24) is 0 Å². The molecule has 1 aliphatic carbocycles. The van der Waals surface area contributed by atoms with Gasteiger partial charge in [0, 0.05) is 30.1 Å². The van der Waals surface area contributed by atoms with Crippen LogP contribution in [0.3, 0.4) is 0 Å². The number of alkyl halides is 3. The molecule has 5 nitrogen and oxygen atoms in total. The molecule has 27 heavy (non-hydrogen) atoms. The van der Waals surface area contributed by atoms with E-state index in [9.17, 15) is 14.9 Å². The number of unbranched alkanes of at least 4 members (excludes halogenated alkanes) is 4. The van der Waals surface area contributed by atoms with Crippen molar-refractivity contribution >= 4 is 53.6 Å². The van der Waals surface area contributed by atoms with Crippen molar-refractivity contribution in [2.45, 2.75) is 97.9 Å². The summed E-state index contributed by atoms with van der Waals surface area (Å²) in [6, 6.07) is -0.607. The van der Waals surface area contributed by atoms with Crippen LogP contribution < -0.4 is 0 Å². The van der Waals surface area contributed by atoms with E-state index in [1.165, 1.54) is 6.42 Å². The third-order valence-corrected chi connectivity index (χ3v) is 7.74. The molecule has 0 aromatic heterocycles. The van der Waals surface area contributed by atoms with Crippen molar-refractivity contribution < 1.29 is 14.5 Å². The van der Waals surface area contributed by atoms with Crippen LogP contribution in [0.5, 0.6) is 0 Å². The fraction of sp³-hybridized carbons (Fsp3) is 0.947. The first-order valence-corrected chi connectivity index (χ1v) is 12.5. The van der Waals surface area contributed by atoms with Gasteiger partial charge in [-0.2, -0.15) is 0 Å². The molecule has 0 spiro atoms. The van der Waals surface area contributed by atoms with Crippen molar-refractivity contribution in [2.24, 2.45) is 11.8 Å². The van der Waals surface area contributed by atoms with E-state index < -0.39 is 6.04 Å². The number of carbonyl (C=O) groups excluding carboxylic acids is 1. The summed E-state index contributed by atoms with van der Waals surface area (Å²) in [5, 5.41) is 11.3. The maximum atomic E-state index is 12.7. The van der Waals surface area contributed by atoms with Crippen molar-refractivity contribution in [3.05, 3.63) is 10.1 Å². The first-order chi connectivity index (χ1) is 12.7. The second-order valence-electron chi connectivity index (χ2n) is 7.96. The van der Waals surface area contributed by atoms with Crippen LogP contribution in [0.25, 0.3) is 0 Å². The third-order valence-electron chi connectivity index (χ3n) is 5.98. The molecule has 3 aliphatic rings. The van der Waals surface area contributed by atoms with Gasteiger partial charge >= 0.3 is 0 Å². The number of ether oxygens (including phenoxy) is 1. The quantitative estimate of drug-likeness (QED) is 0.124. The zero-order valence-corrected chi connectivity index (χ0v) is 20.6. The average Bonchev–Trinajstić information content (AvgIpc) is 2.63. The molecule has 0 radical (unpaired) electrons. The Hall–Kier alpha value is 0.470. The second-order valence-corrected chi connectivity index (χ2v) is 14.9. The molecule has 2 bridgehead atoms. The number of fused-ring (bicyclic) bond motifs is 3. The lowest BCUT2D eigenvalue weighted by Crippen LogP contribution is -2.52. The topological polar surface area (TPSA) is 69.4 Å². The highest BCUT2D eigenvalue weighted by molar-refractivity contribution is 9.39.